The van der Waals surface area contributed by atoms with E-state index in [0.29, 0.717) is 4.47 Å². The molecule has 2 aromatic rings. The highest BCUT2D eigenvalue weighted by atomic mass is 79.9. The summed E-state index contributed by atoms with van der Waals surface area (Å²) in [7, 11) is 0. The van der Waals surface area contributed by atoms with E-state index in [1.807, 2.05) is 0 Å². The molecule has 6 nitrogen and oxygen atoms in total. The molecular formula is C14H10BrNO5. The number of hydrogen-bond acceptors (Lipinski definition) is 5. The van der Waals surface area contributed by atoms with Crippen molar-refractivity contribution in [1.29, 1.82) is 0 Å². The zero-order valence-electron chi connectivity index (χ0n) is 10.7. The number of nitro groups is 1. The lowest BCUT2D eigenvalue weighted by Crippen LogP contribution is -2.07. The van der Waals surface area contributed by atoms with Crippen LogP contribution in [0.5, 0.6) is 5.75 Å². The van der Waals surface area contributed by atoms with E-state index < -0.39 is 10.9 Å². The molecule has 0 aliphatic heterocycles. The van der Waals surface area contributed by atoms with Crippen molar-refractivity contribution in [2.24, 2.45) is 0 Å². The van der Waals surface area contributed by atoms with Crippen molar-refractivity contribution < 1.29 is 19.6 Å². The van der Waals surface area contributed by atoms with Gasteiger partial charge in [-0.2, -0.15) is 0 Å². The number of hydrogen-bond donors (Lipinski definition) is 1. The quantitative estimate of drug-likeness (QED) is 0.517. The Kier molecular flexibility index (Phi) is 4.54. The number of rotatable bonds is 4. The number of nitrogens with zero attached hydrogens (tertiary/aromatic N) is 1. The van der Waals surface area contributed by atoms with E-state index >= 15 is 0 Å². The van der Waals surface area contributed by atoms with Gasteiger partial charge in [0.15, 0.2) is 0 Å². The summed E-state index contributed by atoms with van der Waals surface area (Å²) in [6.07, 6.45) is 0. The third-order valence-corrected chi connectivity index (χ3v) is 3.22. The van der Waals surface area contributed by atoms with Crippen molar-refractivity contribution in [2.45, 2.75) is 6.61 Å². The number of carbonyl (C=O) groups is 1. The number of carbonyl (C=O) groups excluding carboxylic acids is 1. The molecule has 1 N–H and O–H groups in total. The van der Waals surface area contributed by atoms with Gasteiger partial charge < -0.3 is 9.84 Å². The van der Waals surface area contributed by atoms with Gasteiger partial charge in [-0.3, -0.25) is 10.1 Å². The Morgan fingerprint density at radius 2 is 2.00 bits per heavy atom. The predicted molar refractivity (Wildman–Crippen MR) is 78.0 cm³/mol. The Balaban J connectivity index is 2.15. The molecule has 0 aliphatic carbocycles. The number of phenols is 1. The molecule has 7 heteroatoms. The molecule has 0 saturated carbocycles. The maximum absolute atomic E-state index is 11.9. The first-order valence-corrected chi connectivity index (χ1v) is 6.66. The van der Waals surface area contributed by atoms with Crippen LogP contribution in [0.4, 0.5) is 5.69 Å². The first-order chi connectivity index (χ1) is 9.99. The topological polar surface area (TPSA) is 89.7 Å². The Hall–Kier alpha value is -2.41. The molecule has 0 amide bonds. The van der Waals surface area contributed by atoms with Gasteiger partial charge in [-0.05, 0) is 24.3 Å². The Bertz CT molecular complexity index is 702. The molecule has 0 heterocycles. The molecule has 0 unspecified atom stereocenters. The lowest BCUT2D eigenvalue weighted by molar-refractivity contribution is -0.385. The van der Waals surface area contributed by atoms with Gasteiger partial charge >= 0.3 is 5.97 Å². The minimum atomic E-state index is -0.757. The molecule has 0 atom stereocenters. The molecule has 2 rings (SSSR count). The van der Waals surface area contributed by atoms with E-state index in [1.54, 1.807) is 12.1 Å². The molecule has 2 aromatic carbocycles. The van der Waals surface area contributed by atoms with E-state index in [9.17, 15) is 20.0 Å². The lowest BCUT2D eigenvalue weighted by Gasteiger charge is -2.07. The number of aromatic hydroxyl groups is 1. The summed E-state index contributed by atoms with van der Waals surface area (Å²) in [6.45, 7) is -0.248. The van der Waals surface area contributed by atoms with Crippen LogP contribution in [0.25, 0.3) is 0 Å². The molecule has 0 fully saturated rings. The van der Waals surface area contributed by atoms with Crippen molar-refractivity contribution in [1.82, 2.24) is 0 Å². The van der Waals surface area contributed by atoms with Crippen LogP contribution in [0.1, 0.15) is 15.9 Å². The second-order valence-corrected chi connectivity index (χ2v) is 5.04. The average Bonchev–Trinajstić information content (AvgIpc) is 2.47. The molecule has 0 aromatic heterocycles. The summed E-state index contributed by atoms with van der Waals surface area (Å²) in [5.74, 6) is -0.974. The summed E-state index contributed by atoms with van der Waals surface area (Å²) >= 11 is 3.18. The van der Waals surface area contributed by atoms with E-state index in [-0.39, 0.29) is 29.2 Å². The first kappa shape index (κ1) is 15.0. The Morgan fingerprint density at radius 3 is 2.71 bits per heavy atom. The highest BCUT2D eigenvalue weighted by molar-refractivity contribution is 9.10. The minimum Gasteiger partial charge on any atom is -0.507 e. The number of esters is 1. The first-order valence-electron chi connectivity index (χ1n) is 5.87. The van der Waals surface area contributed by atoms with Crippen molar-refractivity contribution in [3.05, 3.63) is 68.2 Å². The fourth-order valence-electron chi connectivity index (χ4n) is 1.70. The molecular weight excluding hydrogens is 342 g/mol. The fourth-order valence-corrected chi connectivity index (χ4v) is 2.06. The van der Waals surface area contributed by atoms with Crippen LogP contribution in [-0.4, -0.2) is 16.0 Å². The van der Waals surface area contributed by atoms with Crippen molar-refractivity contribution in [3.63, 3.8) is 0 Å². The van der Waals surface area contributed by atoms with Gasteiger partial charge in [-0.15, -0.1) is 0 Å². The van der Waals surface area contributed by atoms with Gasteiger partial charge in [-0.25, -0.2) is 4.79 Å². The van der Waals surface area contributed by atoms with Gasteiger partial charge in [-0.1, -0.05) is 28.1 Å². The van der Waals surface area contributed by atoms with Crippen LogP contribution in [0.3, 0.4) is 0 Å². The number of nitro benzene ring substituents is 1. The van der Waals surface area contributed by atoms with Crippen LogP contribution < -0.4 is 0 Å². The highest BCUT2D eigenvalue weighted by Gasteiger charge is 2.17. The molecule has 0 aliphatic rings. The Labute approximate surface area is 128 Å². The molecule has 21 heavy (non-hydrogen) atoms. The van der Waals surface area contributed by atoms with E-state index in [4.69, 9.17) is 4.74 Å². The van der Waals surface area contributed by atoms with Gasteiger partial charge in [0.2, 0.25) is 0 Å². The molecule has 108 valence electrons. The van der Waals surface area contributed by atoms with Crippen LogP contribution in [0, 0.1) is 10.1 Å². The smallest absolute Gasteiger partial charge is 0.342 e. The van der Waals surface area contributed by atoms with Crippen LogP contribution >= 0.6 is 15.9 Å². The number of ether oxygens (including phenoxy) is 1. The van der Waals surface area contributed by atoms with Crippen LogP contribution in [0.2, 0.25) is 0 Å². The zero-order chi connectivity index (χ0) is 15.4. The summed E-state index contributed by atoms with van der Waals surface area (Å²) in [6, 6.07) is 10.3. The van der Waals surface area contributed by atoms with Gasteiger partial charge in [0.05, 0.1) is 10.5 Å². The average molecular weight is 352 g/mol. The third-order valence-electron chi connectivity index (χ3n) is 2.73. The number of phenolic OH excluding ortho intramolecular Hbond substituents is 1. The van der Waals surface area contributed by atoms with Gasteiger partial charge in [0, 0.05) is 10.5 Å². The SMILES string of the molecule is O=C(OCc1ccccc1[N+](=O)[O-])c1cc(Br)ccc1O. The second-order valence-electron chi connectivity index (χ2n) is 4.12. The van der Waals surface area contributed by atoms with Crippen molar-refractivity contribution in [2.75, 3.05) is 0 Å². The molecule has 0 spiro atoms. The van der Waals surface area contributed by atoms with Gasteiger partial charge in [0.25, 0.3) is 5.69 Å². The normalized spacial score (nSPS) is 10.1. The summed E-state index contributed by atoms with van der Waals surface area (Å²) in [5, 5.41) is 20.5. The van der Waals surface area contributed by atoms with Gasteiger partial charge in [0.1, 0.15) is 17.9 Å². The number of halogens is 1. The minimum absolute atomic E-state index is 0.0111. The molecule has 0 saturated heterocycles. The van der Waals surface area contributed by atoms with Crippen LogP contribution in [0.15, 0.2) is 46.9 Å². The monoisotopic (exact) mass is 351 g/mol. The number of para-hydroxylation sites is 1. The molecule has 0 radical (unpaired) electrons. The van der Waals surface area contributed by atoms with Crippen molar-refractivity contribution >= 4 is 27.6 Å². The van der Waals surface area contributed by atoms with Crippen LogP contribution in [-0.2, 0) is 11.3 Å². The second kappa shape index (κ2) is 6.36. The Morgan fingerprint density at radius 1 is 1.29 bits per heavy atom. The summed E-state index contributed by atoms with van der Waals surface area (Å²) in [4.78, 5) is 22.2. The standard InChI is InChI=1S/C14H10BrNO5/c15-10-5-6-13(17)11(7-10)14(18)21-8-9-3-1-2-4-12(9)16(19)20/h1-7,17H,8H2. The van der Waals surface area contributed by atoms with E-state index in [0.717, 1.165) is 0 Å². The highest BCUT2D eigenvalue weighted by Crippen LogP contribution is 2.24. The molecule has 0 bridgehead atoms. The van der Waals surface area contributed by atoms with E-state index in [2.05, 4.69) is 15.9 Å². The third kappa shape index (κ3) is 3.57. The maximum Gasteiger partial charge on any atom is 0.342 e. The maximum atomic E-state index is 11.9. The van der Waals surface area contributed by atoms with Crippen molar-refractivity contribution in [3.8, 4) is 5.75 Å². The van der Waals surface area contributed by atoms with E-state index in [1.165, 1.54) is 30.3 Å². The zero-order valence-corrected chi connectivity index (χ0v) is 12.2. The number of benzene rings is 2. The summed E-state index contributed by atoms with van der Waals surface area (Å²) in [5.41, 5.74) is 0.150. The fraction of sp³-hybridized carbons (Fsp3) is 0.0714. The summed E-state index contributed by atoms with van der Waals surface area (Å²) < 4.78 is 5.63. The largest absolute Gasteiger partial charge is 0.507 e. The lowest BCUT2D eigenvalue weighted by atomic mass is 10.2. The predicted octanol–water partition coefficient (Wildman–Crippen LogP) is 3.42.